The summed E-state index contributed by atoms with van der Waals surface area (Å²) in [5, 5.41) is 3.51. The molecule has 7 nitrogen and oxygen atoms in total. The first-order valence-electron chi connectivity index (χ1n) is 11.1. The van der Waals surface area contributed by atoms with Gasteiger partial charge in [0.2, 0.25) is 6.10 Å². The molecule has 0 bridgehead atoms. The molecule has 32 heavy (non-hydrogen) atoms. The Hall–Kier alpha value is -3.48. The molecular weight excluding hydrogens is 406 g/mol. The van der Waals surface area contributed by atoms with Gasteiger partial charge in [-0.3, -0.25) is 19.0 Å². The van der Waals surface area contributed by atoms with Crippen molar-refractivity contribution in [2.45, 2.75) is 56.7 Å². The van der Waals surface area contributed by atoms with E-state index in [2.05, 4.69) is 10.3 Å². The lowest BCUT2D eigenvalue weighted by Gasteiger charge is -2.18. The molecule has 1 unspecified atom stereocenters. The number of carbonyl (C=O) groups is 2. The second kappa shape index (κ2) is 8.57. The molecule has 2 aromatic carbocycles. The minimum absolute atomic E-state index is 0.0392. The maximum absolute atomic E-state index is 13.0. The summed E-state index contributed by atoms with van der Waals surface area (Å²) in [6, 6.07) is 16.6. The van der Waals surface area contributed by atoms with Crippen molar-refractivity contribution >= 4 is 22.8 Å². The highest BCUT2D eigenvalue weighted by Gasteiger charge is 2.31. The molecule has 1 amide bonds. The normalized spacial score (nSPS) is 16.5. The van der Waals surface area contributed by atoms with E-state index in [4.69, 9.17) is 4.74 Å². The van der Waals surface area contributed by atoms with Gasteiger partial charge in [0, 0.05) is 24.1 Å². The number of nitrogens with zero attached hydrogens (tertiary/aromatic N) is 2. The Balaban J connectivity index is 1.33. The number of para-hydroxylation sites is 1. The molecular formula is C25H25N3O4. The predicted octanol–water partition coefficient (Wildman–Crippen LogP) is 3.23. The second-order valence-corrected chi connectivity index (χ2v) is 8.51. The Kier molecular flexibility index (Phi) is 5.47. The highest BCUT2D eigenvalue weighted by Crippen LogP contribution is 2.35. The fraction of sp³-hybridized carbons (Fsp3) is 0.360. The summed E-state index contributed by atoms with van der Waals surface area (Å²) in [5.74, 6) is -0.202. The zero-order valence-corrected chi connectivity index (χ0v) is 17.7. The summed E-state index contributed by atoms with van der Waals surface area (Å²) in [5.41, 5.74) is 1.20. The topological polar surface area (TPSA) is 90.3 Å². The molecule has 2 saturated carbocycles. The third-order valence-electron chi connectivity index (χ3n) is 5.86. The van der Waals surface area contributed by atoms with Gasteiger partial charge in [-0.1, -0.05) is 42.5 Å². The van der Waals surface area contributed by atoms with Crippen molar-refractivity contribution in [3.05, 3.63) is 76.3 Å². The standard InChI is InChI=1S/C25H25N3O4/c29-22(32-23(16-6-2-1-3-7-16)24(30)26-17-10-11-17)15-14-21-27-20-9-5-4-8-19(20)25(31)28(21)18-12-13-18/h1-9,17-18,23H,10-15H2,(H,26,30). The van der Waals surface area contributed by atoms with Gasteiger partial charge in [0.15, 0.2) is 0 Å². The van der Waals surface area contributed by atoms with E-state index in [9.17, 15) is 14.4 Å². The molecule has 7 heteroatoms. The number of hydrogen-bond acceptors (Lipinski definition) is 5. The van der Waals surface area contributed by atoms with Crippen LogP contribution in [0.2, 0.25) is 0 Å². The average molecular weight is 431 g/mol. The number of carbonyl (C=O) groups excluding carboxylic acids is 2. The predicted molar refractivity (Wildman–Crippen MR) is 119 cm³/mol. The number of nitrogens with one attached hydrogen (secondary N) is 1. The first kappa shape index (κ1) is 20.4. The number of ether oxygens (including phenoxy) is 1. The lowest BCUT2D eigenvalue weighted by Crippen LogP contribution is -2.33. The minimum atomic E-state index is -0.987. The highest BCUT2D eigenvalue weighted by atomic mass is 16.5. The number of esters is 1. The van der Waals surface area contributed by atoms with Crippen LogP contribution in [0, 0.1) is 0 Å². The monoisotopic (exact) mass is 431 g/mol. The van der Waals surface area contributed by atoms with Gasteiger partial charge in [-0.25, -0.2) is 4.98 Å². The van der Waals surface area contributed by atoms with Crippen LogP contribution in [0.4, 0.5) is 0 Å². The van der Waals surface area contributed by atoms with Crippen molar-refractivity contribution in [2.75, 3.05) is 0 Å². The Labute approximate surface area is 185 Å². The van der Waals surface area contributed by atoms with Crippen LogP contribution in [-0.2, 0) is 20.7 Å². The third kappa shape index (κ3) is 4.42. The highest BCUT2D eigenvalue weighted by molar-refractivity contribution is 5.85. The van der Waals surface area contributed by atoms with Crippen LogP contribution < -0.4 is 10.9 Å². The van der Waals surface area contributed by atoms with Crippen LogP contribution in [0.1, 0.15) is 55.6 Å². The van der Waals surface area contributed by atoms with Gasteiger partial charge in [0.05, 0.1) is 17.3 Å². The molecule has 3 aromatic rings. The minimum Gasteiger partial charge on any atom is -0.447 e. The Morgan fingerprint density at radius 3 is 2.47 bits per heavy atom. The van der Waals surface area contributed by atoms with Crippen molar-refractivity contribution in [1.82, 2.24) is 14.9 Å². The van der Waals surface area contributed by atoms with E-state index in [-0.39, 0.29) is 36.4 Å². The smallest absolute Gasteiger partial charge is 0.307 e. The zero-order chi connectivity index (χ0) is 22.1. The molecule has 5 rings (SSSR count). The van der Waals surface area contributed by atoms with Crippen molar-refractivity contribution in [2.24, 2.45) is 0 Å². The van der Waals surface area contributed by atoms with Crippen molar-refractivity contribution in [1.29, 1.82) is 0 Å². The van der Waals surface area contributed by atoms with Crippen molar-refractivity contribution in [3.8, 4) is 0 Å². The third-order valence-corrected chi connectivity index (χ3v) is 5.86. The molecule has 2 fully saturated rings. The summed E-state index contributed by atoms with van der Waals surface area (Å²) < 4.78 is 7.34. The number of hydrogen-bond donors (Lipinski definition) is 1. The molecule has 0 aliphatic heterocycles. The number of fused-ring (bicyclic) bond motifs is 1. The Morgan fingerprint density at radius 1 is 1.03 bits per heavy atom. The molecule has 2 aliphatic carbocycles. The molecule has 0 saturated heterocycles. The van der Waals surface area contributed by atoms with E-state index in [0.717, 1.165) is 25.7 Å². The number of rotatable bonds is 8. The first-order chi connectivity index (χ1) is 15.6. The van der Waals surface area contributed by atoms with Crippen molar-refractivity contribution in [3.63, 3.8) is 0 Å². The summed E-state index contributed by atoms with van der Waals surface area (Å²) >= 11 is 0. The number of aryl methyl sites for hydroxylation is 1. The molecule has 1 heterocycles. The molecule has 1 atom stereocenters. The Bertz CT molecular complexity index is 1210. The van der Waals surface area contributed by atoms with Crippen LogP contribution >= 0.6 is 0 Å². The summed E-state index contributed by atoms with van der Waals surface area (Å²) in [7, 11) is 0. The quantitative estimate of drug-likeness (QED) is 0.553. The Morgan fingerprint density at radius 2 is 1.75 bits per heavy atom. The van der Waals surface area contributed by atoms with E-state index in [1.165, 1.54) is 0 Å². The van der Waals surface area contributed by atoms with Crippen molar-refractivity contribution < 1.29 is 14.3 Å². The average Bonchev–Trinajstić information content (AvgIpc) is 3.73. The first-order valence-corrected chi connectivity index (χ1v) is 11.1. The number of amides is 1. The van der Waals surface area contributed by atoms with Gasteiger partial charge in [0.25, 0.3) is 11.5 Å². The summed E-state index contributed by atoms with van der Waals surface area (Å²) in [6.45, 7) is 0. The fourth-order valence-electron chi connectivity index (χ4n) is 3.89. The SMILES string of the molecule is O=C(CCc1nc2ccccc2c(=O)n1C1CC1)OC(C(=O)NC1CC1)c1ccccc1. The van der Waals surface area contributed by atoms with E-state index in [1.807, 2.05) is 36.4 Å². The van der Waals surface area contributed by atoms with Gasteiger partial charge in [-0.15, -0.1) is 0 Å². The molecule has 164 valence electrons. The maximum atomic E-state index is 13.0. The van der Waals surface area contributed by atoms with Crippen LogP contribution in [0.5, 0.6) is 0 Å². The van der Waals surface area contributed by atoms with Crippen LogP contribution in [0.15, 0.2) is 59.4 Å². The number of aromatic nitrogens is 2. The lowest BCUT2D eigenvalue weighted by molar-refractivity contribution is -0.156. The lowest BCUT2D eigenvalue weighted by atomic mass is 10.1. The largest absolute Gasteiger partial charge is 0.447 e. The molecule has 1 N–H and O–H groups in total. The fourth-order valence-corrected chi connectivity index (χ4v) is 3.89. The van der Waals surface area contributed by atoms with E-state index < -0.39 is 12.1 Å². The van der Waals surface area contributed by atoms with Gasteiger partial charge in [-0.05, 0) is 37.8 Å². The maximum Gasteiger partial charge on any atom is 0.307 e. The summed E-state index contributed by atoms with van der Waals surface area (Å²) in [4.78, 5) is 43.1. The summed E-state index contributed by atoms with van der Waals surface area (Å²) in [6.07, 6.45) is 3.11. The zero-order valence-electron chi connectivity index (χ0n) is 17.7. The van der Waals surface area contributed by atoms with E-state index in [1.54, 1.807) is 22.8 Å². The molecule has 0 radical (unpaired) electrons. The van der Waals surface area contributed by atoms with E-state index in [0.29, 0.717) is 22.3 Å². The van der Waals surface area contributed by atoms with Gasteiger partial charge in [-0.2, -0.15) is 0 Å². The van der Waals surface area contributed by atoms with Gasteiger partial charge in [0.1, 0.15) is 5.82 Å². The molecule has 1 aromatic heterocycles. The van der Waals surface area contributed by atoms with Crippen LogP contribution in [0.25, 0.3) is 10.9 Å². The van der Waals surface area contributed by atoms with Crippen LogP contribution in [0.3, 0.4) is 0 Å². The van der Waals surface area contributed by atoms with Crippen LogP contribution in [-0.4, -0.2) is 27.5 Å². The van der Waals surface area contributed by atoms with Gasteiger partial charge < -0.3 is 10.1 Å². The number of benzene rings is 2. The molecule has 0 spiro atoms. The second-order valence-electron chi connectivity index (χ2n) is 8.51. The van der Waals surface area contributed by atoms with Gasteiger partial charge >= 0.3 is 5.97 Å². The van der Waals surface area contributed by atoms with E-state index >= 15 is 0 Å². The molecule has 2 aliphatic rings.